The molecule has 2 N–H and O–H groups in total. The Kier molecular flexibility index (Phi) is 8.19. The lowest BCUT2D eigenvalue weighted by molar-refractivity contribution is -0.384. The van der Waals surface area contributed by atoms with E-state index in [2.05, 4.69) is 20.8 Å². The molecule has 0 radical (unpaired) electrons. The van der Waals surface area contributed by atoms with Crippen LogP contribution in [-0.2, 0) is 23.1 Å². The fourth-order valence-electron chi connectivity index (χ4n) is 3.11. The molecular formula is C22H24N6O5S. The predicted octanol–water partition coefficient (Wildman–Crippen LogP) is 2.88. The Morgan fingerprint density at radius 2 is 1.79 bits per heavy atom. The maximum Gasteiger partial charge on any atom is 0.269 e. The number of benzene rings is 2. The van der Waals surface area contributed by atoms with Crippen molar-refractivity contribution in [1.82, 2.24) is 20.1 Å². The molecule has 3 aromatic rings. The van der Waals surface area contributed by atoms with Crippen molar-refractivity contribution in [1.29, 1.82) is 0 Å². The van der Waals surface area contributed by atoms with Crippen molar-refractivity contribution in [2.75, 3.05) is 18.2 Å². The normalized spacial score (nSPS) is 11.5. The zero-order valence-electron chi connectivity index (χ0n) is 18.8. The molecule has 1 atom stereocenters. The molecule has 12 heteroatoms. The number of methoxy groups -OCH3 is 1. The summed E-state index contributed by atoms with van der Waals surface area (Å²) in [6, 6.07) is 12.5. The van der Waals surface area contributed by atoms with Crippen LogP contribution in [0, 0.1) is 10.1 Å². The number of amides is 2. The molecule has 11 nitrogen and oxygen atoms in total. The van der Waals surface area contributed by atoms with E-state index >= 15 is 0 Å². The van der Waals surface area contributed by atoms with Crippen LogP contribution < -0.4 is 15.4 Å². The third-order valence-corrected chi connectivity index (χ3v) is 5.87. The van der Waals surface area contributed by atoms with Gasteiger partial charge in [-0.15, -0.1) is 10.2 Å². The Labute approximate surface area is 200 Å². The van der Waals surface area contributed by atoms with E-state index in [4.69, 9.17) is 4.74 Å². The van der Waals surface area contributed by atoms with Gasteiger partial charge in [0, 0.05) is 24.9 Å². The molecule has 2 amide bonds. The highest BCUT2D eigenvalue weighted by atomic mass is 32.2. The number of nitrogens with one attached hydrogen (secondary N) is 2. The molecule has 34 heavy (non-hydrogen) atoms. The quantitative estimate of drug-likeness (QED) is 0.254. The fraction of sp³-hybridized carbons (Fsp3) is 0.273. The third kappa shape index (κ3) is 6.54. The summed E-state index contributed by atoms with van der Waals surface area (Å²) in [6.45, 7) is 1.81. The minimum atomic E-state index is -0.504. The zero-order valence-corrected chi connectivity index (χ0v) is 19.7. The maximum atomic E-state index is 12.4. The number of nitro benzene ring substituents is 1. The van der Waals surface area contributed by atoms with Crippen molar-refractivity contribution in [2.24, 2.45) is 7.05 Å². The van der Waals surface area contributed by atoms with Crippen LogP contribution in [0.15, 0.2) is 53.7 Å². The van der Waals surface area contributed by atoms with Gasteiger partial charge in [-0.05, 0) is 36.8 Å². The van der Waals surface area contributed by atoms with E-state index in [1.165, 1.54) is 36.0 Å². The van der Waals surface area contributed by atoms with Crippen molar-refractivity contribution in [3.05, 3.63) is 70.0 Å². The topological polar surface area (TPSA) is 141 Å². The summed E-state index contributed by atoms with van der Waals surface area (Å²) in [5, 5.41) is 25.1. The summed E-state index contributed by atoms with van der Waals surface area (Å²) in [5.74, 6) is 0.910. The molecule has 3 rings (SSSR count). The summed E-state index contributed by atoms with van der Waals surface area (Å²) in [5.41, 5.74) is 1.27. The number of nitrogens with zero attached hydrogens (tertiary/aromatic N) is 4. The fourth-order valence-corrected chi connectivity index (χ4v) is 3.83. The van der Waals surface area contributed by atoms with Gasteiger partial charge in [0.15, 0.2) is 11.0 Å². The Morgan fingerprint density at radius 3 is 2.41 bits per heavy atom. The molecule has 0 saturated heterocycles. The van der Waals surface area contributed by atoms with Gasteiger partial charge in [-0.25, -0.2) is 0 Å². The number of nitro groups is 1. The number of hydrogen-bond donors (Lipinski definition) is 2. The maximum absolute atomic E-state index is 12.4. The number of carbonyl (C=O) groups is 2. The van der Waals surface area contributed by atoms with Crippen LogP contribution in [0.4, 0.5) is 11.4 Å². The lowest BCUT2D eigenvalue weighted by Crippen LogP contribution is -2.29. The second kappa shape index (κ2) is 11.3. The van der Waals surface area contributed by atoms with Gasteiger partial charge in [0.25, 0.3) is 5.69 Å². The second-order valence-electron chi connectivity index (χ2n) is 7.35. The highest BCUT2D eigenvalue weighted by Gasteiger charge is 2.18. The van der Waals surface area contributed by atoms with Crippen molar-refractivity contribution < 1.29 is 19.2 Å². The summed E-state index contributed by atoms with van der Waals surface area (Å²) in [6.07, 6.45) is 0.219. The van der Waals surface area contributed by atoms with E-state index in [9.17, 15) is 19.7 Å². The van der Waals surface area contributed by atoms with Crippen molar-refractivity contribution in [3.63, 3.8) is 0 Å². The van der Waals surface area contributed by atoms with Crippen molar-refractivity contribution in [3.8, 4) is 5.75 Å². The van der Waals surface area contributed by atoms with E-state index in [-0.39, 0.29) is 35.7 Å². The standard InChI is InChI=1S/C22H24N6O5S/c1-14(23-19(29)12-15-4-10-18(33-3)11-5-15)21-25-26-22(27(21)2)34-13-20(30)24-16-6-8-17(9-7-16)28(31)32/h4-11,14H,12-13H2,1-3H3,(H,23,29)(H,24,30). The van der Waals surface area contributed by atoms with E-state index in [1.807, 2.05) is 19.1 Å². The summed E-state index contributed by atoms with van der Waals surface area (Å²) in [4.78, 5) is 34.9. The average Bonchev–Trinajstić information content (AvgIpc) is 3.18. The second-order valence-corrected chi connectivity index (χ2v) is 8.30. The van der Waals surface area contributed by atoms with Crippen LogP contribution in [0.25, 0.3) is 0 Å². The Bertz CT molecular complexity index is 1160. The number of ether oxygens (including phenoxy) is 1. The highest BCUT2D eigenvalue weighted by Crippen LogP contribution is 2.20. The van der Waals surface area contributed by atoms with E-state index in [0.29, 0.717) is 16.7 Å². The van der Waals surface area contributed by atoms with Gasteiger partial charge < -0.3 is 19.9 Å². The molecule has 1 unspecified atom stereocenters. The largest absolute Gasteiger partial charge is 0.497 e. The van der Waals surface area contributed by atoms with Gasteiger partial charge in [0.05, 0.1) is 30.2 Å². The highest BCUT2D eigenvalue weighted by molar-refractivity contribution is 7.99. The number of thioether (sulfide) groups is 1. The van der Waals surface area contributed by atoms with Crippen LogP contribution in [0.3, 0.4) is 0 Å². The van der Waals surface area contributed by atoms with Crippen LogP contribution >= 0.6 is 11.8 Å². The smallest absolute Gasteiger partial charge is 0.269 e. The Hall–Kier alpha value is -3.93. The van der Waals surface area contributed by atoms with Crippen LogP contribution in [0.5, 0.6) is 5.75 Å². The SMILES string of the molecule is COc1ccc(CC(=O)NC(C)c2nnc(SCC(=O)Nc3ccc([N+](=O)[O-])cc3)n2C)cc1. The van der Waals surface area contributed by atoms with E-state index < -0.39 is 4.92 Å². The first-order valence-corrected chi connectivity index (χ1v) is 11.2. The molecular weight excluding hydrogens is 460 g/mol. The van der Waals surface area contributed by atoms with Gasteiger partial charge in [-0.1, -0.05) is 23.9 Å². The Morgan fingerprint density at radius 1 is 1.12 bits per heavy atom. The molecule has 0 fully saturated rings. The minimum absolute atomic E-state index is 0.0517. The van der Waals surface area contributed by atoms with Gasteiger partial charge in [-0.3, -0.25) is 19.7 Å². The number of non-ortho nitro benzene ring substituents is 1. The van der Waals surface area contributed by atoms with E-state index in [1.54, 1.807) is 30.9 Å². The molecule has 0 bridgehead atoms. The molecule has 0 aliphatic carbocycles. The number of hydrogen-bond acceptors (Lipinski definition) is 8. The average molecular weight is 485 g/mol. The lowest BCUT2D eigenvalue weighted by Gasteiger charge is -2.14. The molecule has 0 aliphatic heterocycles. The number of aromatic nitrogens is 3. The number of anilines is 1. The molecule has 2 aromatic carbocycles. The van der Waals surface area contributed by atoms with Gasteiger partial charge in [0.2, 0.25) is 11.8 Å². The number of rotatable bonds is 10. The first-order chi connectivity index (χ1) is 16.3. The molecule has 1 aromatic heterocycles. The molecule has 178 valence electrons. The first-order valence-electron chi connectivity index (χ1n) is 10.3. The summed E-state index contributed by atoms with van der Waals surface area (Å²) < 4.78 is 6.84. The summed E-state index contributed by atoms with van der Waals surface area (Å²) in [7, 11) is 3.35. The molecule has 0 saturated carbocycles. The van der Waals surface area contributed by atoms with Crippen molar-refractivity contribution >= 4 is 35.0 Å². The Balaban J connectivity index is 1.51. The van der Waals surface area contributed by atoms with Crippen LogP contribution in [-0.4, -0.2) is 44.4 Å². The van der Waals surface area contributed by atoms with Crippen molar-refractivity contribution in [2.45, 2.75) is 24.5 Å². The van der Waals surface area contributed by atoms with Gasteiger partial charge in [0.1, 0.15) is 5.75 Å². The van der Waals surface area contributed by atoms with E-state index in [0.717, 1.165) is 11.3 Å². The van der Waals surface area contributed by atoms with Crippen LogP contribution in [0.1, 0.15) is 24.4 Å². The summed E-state index contributed by atoms with van der Waals surface area (Å²) >= 11 is 1.19. The minimum Gasteiger partial charge on any atom is -0.497 e. The number of carbonyl (C=O) groups excluding carboxylic acids is 2. The monoisotopic (exact) mass is 484 g/mol. The predicted molar refractivity (Wildman–Crippen MR) is 127 cm³/mol. The van der Waals surface area contributed by atoms with Gasteiger partial charge >= 0.3 is 0 Å². The zero-order chi connectivity index (χ0) is 24.7. The molecule has 0 aliphatic rings. The van der Waals surface area contributed by atoms with Crippen LogP contribution in [0.2, 0.25) is 0 Å². The molecule has 0 spiro atoms. The first kappa shape index (κ1) is 24.7. The third-order valence-electron chi connectivity index (χ3n) is 4.85. The molecule has 1 heterocycles. The van der Waals surface area contributed by atoms with Gasteiger partial charge in [-0.2, -0.15) is 0 Å². The lowest BCUT2D eigenvalue weighted by atomic mass is 10.1.